The lowest BCUT2D eigenvalue weighted by Gasteiger charge is -2.23. The molecular weight excluding hydrogens is 270 g/mol. The fourth-order valence-electron chi connectivity index (χ4n) is 2.61. The van der Waals surface area contributed by atoms with E-state index in [-0.39, 0.29) is 5.78 Å². The molecule has 0 aliphatic heterocycles. The topological polar surface area (TPSA) is 20.3 Å². The summed E-state index contributed by atoms with van der Waals surface area (Å²) >= 11 is 0. The minimum absolute atomic E-state index is 0.0871. The van der Waals surface area contributed by atoms with Gasteiger partial charge in [0.1, 0.15) is 0 Å². The van der Waals surface area contributed by atoms with Crippen molar-refractivity contribution in [3.05, 3.63) is 65.2 Å². The number of carbonyl (C=O) groups excluding carboxylic acids is 1. The van der Waals surface area contributed by atoms with Gasteiger partial charge in [-0.1, -0.05) is 43.7 Å². The zero-order valence-corrected chi connectivity index (χ0v) is 13.8. The molecule has 116 valence electrons. The molecule has 0 unspecified atom stereocenters. The van der Waals surface area contributed by atoms with Gasteiger partial charge in [-0.25, -0.2) is 0 Å². The second kappa shape index (κ2) is 7.79. The zero-order valence-electron chi connectivity index (χ0n) is 13.8. The average Bonchev–Trinajstić information content (AvgIpc) is 2.55. The normalized spacial score (nSPS) is 10.5. The number of benzene rings is 2. The van der Waals surface area contributed by atoms with Gasteiger partial charge < -0.3 is 4.90 Å². The molecule has 0 aromatic heterocycles. The first-order valence-corrected chi connectivity index (χ1v) is 8.12. The molecular formula is C20H25NO. The Morgan fingerprint density at radius 1 is 0.818 bits per heavy atom. The van der Waals surface area contributed by atoms with Crippen molar-refractivity contribution >= 4 is 11.5 Å². The quantitative estimate of drug-likeness (QED) is 0.680. The molecule has 0 heterocycles. The summed E-state index contributed by atoms with van der Waals surface area (Å²) in [6.45, 7) is 8.52. The van der Waals surface area contributed by atoms with Crippen molar-refractivity contribution in [3.8, 4) is 0 Å². The highest BCUT2D eigenvalue weighted by Gasteiger charge is 2.10. The third kappa shape index (κ3) is 3.97. The highest BCUT2D eigenvalue weighted by molar-refractivity contribution is 6.09. The van der Waals surface area contributed by atoms with Crippen molar-refractivity contribution in [1.82, 2.24) is 0 Å². The van der Waals surface area contributed by atoms with E-state index in [1.807, 2.05) is 43.3 Å². The maximum Gasteiger partial charge on any atom is 0.193 e. The fourth-order valence-corrected chi connectivity index (χ4v) is 2.61. The summed E-state index contributed by atoms with van der Waals surface area (Å²) < 4.78 is 0. The lowest BCUT2D eigenvalue weighted by atomic mass is 10.0. The minimum Gasteiger partial charge on any atom is -0.372 e. The van der Waals surface area contributed by atoms with E-state index in [0.29, 0.717) is 0 Å². The number of carbonyl (C=O) groups is 1. The molecule has 0 aliphatic rings. The molecule has 0 fully saturated rings. The molecule has 0 saturated carbocycles. The second-order valence-corrected chi connectivity index (χ2v) is 5.73. The van der Waals surface area contributed by atoms with E-state index in [4.69, 9.17) is 0 Å². The molecule has 2 aromatic rings. The van der Waals surface area contributed by atoms with Crippen LogP contribution in [-0.4, -0.2) is 18.9 Å². The van der Waals surface area contributed by atoms with E-state index >= 15 is 0 Å². The Bertz CT molecular complexity index is 593. The second-order valence-electron chi connectivity index (χ2n) is 5.73. The van der Waals surface area contributed by atoms with E-state index in [2.05, 4.69) is 30.9 Å². The zero-order chi connectivity index (χ0) is 15.9. The predicted molar refractivity (Wildman–Crippen MR) is 93.8 cm³/mol. The van der Waals surface area contributed by atoms with Crippen molar-refractivity contribution in [2.45, 2.75) is 33.6 Å². The van der Waals surface area contributed by atoms with Crippen LogP contribution in [0, 0.1) is 6.92 Å². The predicted octanol–water partition coefficient (Wildman–Crippen LogP) is 4.85. The summed E-state index contributed by atoms with van der Waals surface area (Å²) in [7, 11) is 0. The third-order valence-electron chi connectivity index (χ3n) is 3.80. The summed E-state index contributed by atoms with van der Waals surface area (Å²) in [4.78, 5) is 14.9. The van der Waals surface area contributed by atoms with Gasteiger partial charge in [0.2, 0.25) is 0 Å². The molecule has 22 heavy (non-hydrogen) atoms. The molecule has 2 rings (SSSR count). The van der Waals surface area contributed by atoms with Gasteiger partial charge in [-0.15, -0.1) is 0 Å². The first-order valence-electron chi connectivity index (χ1n) is 8.12. The average molecular weight is 295 g/mol. The monoisotopic (exact) mass is 295 g/mol. The molecule has 0 N–H and O–H groups in total. The smallest absolute Gasteiger partial charge is 0.193 e. The summed E-state index contributed by atoms with van der Waals surface area (Å²) in [5, 5.41) is 0. The van der Waals surface area contributed by atoms with Crippen LogP contribution >= 0.6 is 0 Å². The van der Waals surface area contributed by atoms with Gasteiger partial charge in [-0.2, -0.15) is 0 Å². The van der Waals surface area contributed by atoms with Crippen LogP contribution in [0.1, 0.15) is 48.2 Å². The van der Waals surface area contributed by atoms with Crippen LogP contribution in [-0.2, 0) is 0 Å². The molecule has 0 bridgehead atoms. The molecule has 0 amide bonds. The highest BCUT2D eigenvalue weighted by atomic mass is 16.1. The summed E-state index contributed by atoms with van der Waals surface area (Å²) in [5.41, 5.74) is 3.86. The molecule has 2 nitrogen and oxygen atoms in total. The molecule has 0 saturated heterocycles. The van der Waals surface area contributed by atoms with E-state index in [1.54, 1.807) is 0 Å². The van der Waals surface area contributed by atoms with Gasteiger partial charge in [-0.3, -0.25) is 4.79 Å². The van der Waals surface area contributed by atoms with Crippen LogP contribution in [0.2, 0.25) is 0 Å². The number of hydrogen-bond donors (Lipinski definition) is 0. The number of nitrogens with zero attached hydrogens (tertiary/aromatic N) is 1. The van der Waals surface area contributed by atoms with Crippen LogP contribution in [0.3, 0.4) is 0 Å². The molecule has 2 aromatic carbocycles. The number of rotatable bonds is 7. The van der Waals surface area contributed by atoms with Crippen LogP contribution < -0.4 is 4.90 Å². The lowest BCUT2D eigenvalue weighted by molar-refractivity contribution is 0.103. The van der Waals surface area contributed by atoms with Gasteiger partial charge in [0.05, 0.1) is 0 Å². The standard InChI is InChI=1S/C20H25NO/c1-4-14-21(15-5-2)19-12-10-18(11-13-19)20(22)17-8-6-16(3)7-9-17/h6-13H,4-5,14-15H2,1-3H3. The maximum absolute atomic E-state index is 12.5. The summed E-state index contributed by atoms with van der Waals surface area (Å²) in [6, 6.07) is 15.8. The first kappa shape index (κ1) is 16.3. The van der Waals surface area contributed by atoms with Gasteiger partial charge in [-0.05, 0) is 44.0 Å². The van der Waals surface area contributed by atoms with Gasteiger partial charge in [0, 0.05) is 29.9 Å². The van der Waals surface area contributed by atoms with Crippen LogP contribution in [0.25, 0.3) is 0 Å². The molecule has 0 radical (unpaired) electrons. The van der Waals surface area contributed by atoms with E-state index in [0.717, 1.165) is 37.1 Å². The van der Waals surface area contributed by atoms with Crippen molar-refractivity contribution < 1.29 is 4.79 Å². The summed E-state index contributed by atoms with van der Waals surface area (Å²) in [6.07, 6.45) is 2.26. The largest absolute Gasteiger partial charge is 0.372 e. The maximum atomic E-state index is 12.5. The highest BCUT2D eigenvalue weighted by Crippen LogP contribution is 2.18. The van der Waals surface area contributed by atoms with Crippen molar-refractivity contribution in [3.63, 3.8) is 0 Å². The number of aryl methyl sites for hydroxylation is 1. The minimum atomic E-state index is 0.0871. The van der Waals surface area contributed by atoms with Gasteiger partial charge in [0.15, 0.2) is 5.78 Å². The first-order chi connectivity index (χ1) is 10.7. The molecule has 0 aliphatic carbocycles. The number of ketones is 1. The Morgan fingerprint density at radius 3 is 1.73 bits per heavy atom. The van der Waals surface area contributed by atoms with Crippen LogP contribution in [0.15, 0.2) is 48.5 Å². The summed E-state index contributed by atoms with van der Waals surface area (Å²) in [5.74, 6) is 0.0871. The van der Waals surface area contributed by atoms with Crippen LogP contribution in [0.4, 0.5) is 5.69 Å². The number of hydrogen-bond acceptors (Lipinski definition) is 2. The third-order valence-corrected chi connectivity index (χ3v) is 3.80. The Labute approximate surface area is 133 Å². The Morgan fingerprint density at radius 2 is 1.27 bits per heavy atom. The van der Waals surface area contributed by atoms with Gasteiger partial charge in [0.25, 0.3) is 0 Å². The Balaban J connectivity index is 2.17. The van der Waals surface area contributed by atoms with Crippen molar-refractivity contribution in [2.24, 2.45) is 0 Å². The SMILES string of the molecule is CCCN(CCC)c1ccc(C(=O)c2ccc(C)cc2)cc1. The van der Waals surface area contributed by atoms with E-state index in [9.17, 15) is 4.79 Å². The Hall–Kier alpha value is -2.09. The van der Waals surface area contributed by atoms with E-state index in [1.165, 1.54) is 11.3 Å². The molecule has 0 atom stereocenters. The van der Waals surface area contributed by atoms with Crippen molar-refractivity contribution in [1.29, 1.82) is 0 Å². The van der Waals surface area contributed by atoms with Crippen LogP contribution in [0.5, 0.6) is 0 Å². The lowest BCUT2D eigenvalue weighted by Crippen LogP contribution is -2.24. The molecule has 2 heteroatoms. The number of anilines is 1. The fraction of sp³-hybridized carbons (Fsp3) is 0.350. The van der Waals surface area contributed by atoms with Gasteiger partial charge >= 0.3 is 0 Å². The Kier molecular flexibility index (Phi) is 5.76. The van der Waals surface area contributed by atoms with Crippen molar-refractivity contribution in [2.75, 3.05) is 18.0 Å². The molecule has 0 spiro atoms. The van der Waals surface area contributed by atoms with E-state index < -0.39 is 0 Å².